The lowest BCUT2D eigenvalue weighted by molar-refractivity contribution is -0.141. The van der Waals surface area contributed by atoms with Crippen molar-refractivity contribution < 1.29 is 19.8 Å². The number of aromatic hydroxyl groups is 1. The van der Waals surface area contributed by atoms with E-state index in [1.807, 2.05) is 0 Å². The van der Waals surface area contributed by atoms with Gasteiger partial charge in [-0.25, -0.2) is 4.79 Å². The maximum atomic E-state index is 11.5. The fourth-order valence-electron chi connectivity index (χ4n) is 1.61. The van der Waals surface area contributed by atoms with E-state index in [9.17, 15) is 9.59 Å². The van der Waals surface area contributed by atoms with E-state index in [2.05, 4.69) is 5.32 Å². The topological polar surface area (TPSA) is 113 Å². The van der Waals surface area contributed by atoms with Crippen LogP contribution in [0.3, 0.4) is 0 Å². The fraction of sp³-hybridized carbons (Fsp3) is 0.385. The zero-order chi connectivity index (χ0) is 14.4. The molecule has 0 spiro atoms. The van der Waals surface area contributed by atoms with Crippen LogP contribution < -0.4 is 11.1 Å². The summed E-state index contributed by atoms with van der Waals surface area (Å²) in [6.07, 6.45) is 0.236. The third kappa shape index (κ3) is 5.39. The Kier molecular flexibility index (Phi) is 5.32. The van der Waals surface area contributed by atoms with Crippen LogP contribution in [0.25, 0.3) is 0 Å². The second-order valence-corrected chi connectivity index (χ2v) is 4.51. The molecule has 1 amide bonds. The lowest BCUT2D eigenvalue weighted by Gasteiger charge is -2.15. The molecule has 6 heteroatoms. The lowest BCUT2D eigenvalue weighted by Crippen LogP contribution is -2.43. The molecule has 0 fully saturated rings. The first kappa shape index (κ1) is 15.0. The van der Waals surface area contributed by atoms with E-state index in [0.29, 0.717) is 5.56 Å². The standard InChI is InChI=1S/C13H18N2O4/c1-8(14)6-12(17)15-11(13(18)19)7-9-2-4-10(16)5-3-9/h2-5,8,11,16H,6-7,14H2,1H3,(H,15,17)(H,18,19)/t8?,11-/m0/s1. The summed E-state index contributed by atoms with van der Waals surface area (Å²) >= 11 is 0. The molecule has 0 bridgehead atoms. The highest BCUT2D eigenvalue weighted by molar-refractivity contribution is 5.84. The van der Waals surface area contributed by atoms with Crippen LogP contribution in [0.15, 0.2) is 24.3 Å². The molecule has 0 aliphatic rings. The summed E-state index contributed by atoms with van der Waals surface area (Å²) in [5.41, 5.74) is 6.19. The van der Waals surface area contributed by atoms with Crippen LogP contribution in [0.1, 0.15) is 18.9 Å². The van der Waals surface area contributed by atoms with Crippen molar-refractivity contribution in [2.45, 2.75) is 31.8 Å². The molecule has 1 unspecified atom stereocenters. The molecule has 19 heavy (non-hydrogen) atoms. The van der Waals surface area contributed by atoms with Crippen LogP contribution in [0.5, 0.6) is 5.75 Å². The molecule has 0 aliphatic heterocycles. The van der Waals surface area contributed by atoms with E-state index in [1.165, 1.54) is 12.1 Å². The molecular formula is C13H18N2O4. The van der Waals surface area contributed by atoms with Crippen molar-refractivity contribution in [3.63, 3.8) is 0 Å². The second kappa shape index (κ2) is 6.75. The van der Waals surface area contributed by atoms with Gasteiger partial charge in [0.1, 0.15) is 11.8 Å². The van der Waals surface area contributed by atoms with Crippen molar-refractivity contribution in [3.8, 4) is 5.75 Å². The Morgan fingerprint density at radius 2 is 1.89 bits per heavy atom. The number of benzene rings is 1. The first-order valence-corrected chi connectivity index (χ1v) is 5.94. The minimum atomic E-state index is -1.11. The first-order chi connectivity index (χ1) is 8.88. The van der Waals surface area contributed by atoms with Gasteiger partial charge in [-0.15, -0.1) is 0 Å². The highest BCUT2D eigenvalue weighted by atomic mass is 16.4. The number of carboxylic acid groups (broad SMARTS) is 1. The van der Waals surface area contributed by atoms with Gasteiger partial charge in [0.25, 0.3) is 0 Å². The molecule has 5 N–H and O–H groups in total. The predicted molar refractivity (Wildman–Crippen MR) is 69.6 cm³/mol. The number of nitrogens with one attached hydrogen (secondary N) is 1. The van der Waals surface area contributed by atoms with Crippen LogP contribution >= 0.6 is 0 Å². The summed E-state index contributed by atoms with van der Waals surface area (Å²) in [7, 11) is 0. The maximum Gasteiger partial charge on any atom is 0.326 e. The third-order valence-corrected chi connectivity index (χ3v) is 2.52. The van der Waals surface area contributed by atoms with Crippen molar-refractivity contribution in [1.82, 2.24) is 5.32 Å². The smallest absolute Gasteiger partial charge is 0.326 e. The van der Waals surface area contributed by atoms with E-state index in [0.717, 1.165) is 0 Å². The van der Waals surface area contributed by atoms with Crippen LogP contribution in [-0.2, 0) is 16.0 Å². The van der Waals surface area contributed by atoms with Crippen molar-refractivity contribution in [1.29, 1.82) is 0 Å². The monoisotopic (exact) mass is 266 g/mol. The number of nitrogens with two attached hydrogens (primary N) is 1. The Labute approximate surface area is 111 Å². The summed E-state index contributed by atoms with van der Waals surface area (Å²) in [6, 6.07) is 4.85. The molecule has 2 atom stereocenters. The Bertz CT molecular complexity index is 442. The van der Waals surface area contributed by atoms with Gasteiger partial charge in [0.15, 0.2) is 0 Å². The van der Waals surface area contributed by atoms with Gasteiger partial charge in [-0.3, -0.25) is 4.79 Å². The molecule has 1 aromatic rings. The lowest BCUT2D eigenvalue weighted by atomic mass is 10.1. The number of hydrogen-bond acceptors (Lipinski definition) is 4. The number of hydrogen-bond donors (Lipinski definition) is 4. The van der Waals surface area contributed by atoms with E-state index in [1.54, 1.807) is 19.1 Å². The molecule has 0 heterocycles. The molecule has 6 nitrogen and oxygen atoms in total. The summed E-state index contributed by atoms with van der Waals surface area (Å²) in [4.78, 5) is 22.6. The summed E-state index contributed by atoms with van der Waals surface area (Å²) in [5, 5.41) is 20.7. The van der Waals surface area contributed by atoms with Gasteiger partial charge in [0, 0.05) is 18.9 Å². The molecule has 0 aliphatic carbocycles. The number of carbonyl (C=O) groups excluding carboxylic acids is 1. The first-order valence-electron chi connectivity index (χ1n) is 5.94. The van der Waals surface area contributed by atoms with Crippen molar-refractivity contribution in [3.05, 3.63) is 29.8 Å². The van der Waals surface area contributed by atoms with E-state index in [-0.39, 0.29) is 30.5 Å². The molecule has 0 saturated carbocycles. The SMILES string of the molecule is CC(N)CC(=O)N[C@@H](Cc1ccc(O)cc1)C(=O)O. The molecule has 0 saturated heterocycles. The molecular weight excluding hydrogens is 248 g/mol. The minimum absolute atomic E-state index is 0.0827. The Balaban J connectivity index is 2.65. The summed E-state index contributed by atoms with van der Waals surface area (Å²) in [5.74, 6) is -1.39. The number of carbonyl (C=O) groups is 2. The van der Waals surface area contributed by atoms with Gasteiger partial charge in [-0.2, -0.15) is 0 Å². The largest absolute Gasteiger partial charge is 0.508 e. The zero-order valence-corrected chi connectivity index (χ0v) is 10.7. The summed E-state index contributed by atoms with van der Waals surface area (Å²) in [6.45, 7) is 1.68. The molecule has 0 radical (unpaired) electrons. The zero-order valence-electron chi connectivity index (χ0n) is 10.7. The van der Waals surface area contributed by atoms with Crippen molar-refractivity contribution in [2.75, 3.05) is 0 Å². The number of amides is 1. The average molecular weight is 266 g/mol. The van der Waals surface area contributed by atoms with Crippen LogP contribution in [-0.4, -0.2) is 34.2 Å². The second-order valence-electron chi connectivity index (χ2n) is 4.51. The highest BCUT2D eigenvalue weighted by Gasteiger charge is 2.20. The summed E-state index contributed by atoms with van der Waals surface area (Å²) < 4.78 is 0. The van der Waals surface area contributed by atoms with Gasteiger partial charge >= 0.3 is 5.97 Å². The fourth-order valence-corrected chi connectivity index (χ4v) is 1.61. The molecule has 1 aromatic carbocycles. The van der Waals surface area contributed by atoms with E-state index < -0.39 is 12.0 Å². The number of rotatable bonds is 6. The molecule has 104 valence electrons. The van der Waals surface area contributed by atoms with Gasteiger partial charge in [-0.05, 0) is 24.6 Å². The number of carboxylic acids is 1. The molecule has 1 rings (SSSR count). The Morgan fingerprint density at radius 3 is 2.37 bits per heavy atom. The van der Waals surface area contributed by atoms with E-state index in [4.69, 9.17) is 15.9 Å². The van der Waals surface area contributed by atoms with Gasteiger partial charge < -0.3 is 21.3 Å². The van der Waals surface area contributed by atoms with Gasteiger partial charge in [0.05, 0.1) is 0 Å². The van der Waals surface area contributed by atoms with Crippen molar-refractivity contribution >= 4 is 11.9 Å². The molecule has 0 aromatic heterocycles. The Morgan fingerprint density at radius 1 is 1.32 bits per heavy atom. The maximum absolute atomic E-state index is 11.5. The van der Waals surface area contributed by atoms with Gasteiger partial charge in [0.2, 0.25) is 5.91 Å². The predicted octanol–water partition coefficient (Wildman–Crippen LogP) is 0.241. The van der Waals surface area contributed by atoms with Crippen LogP contribution in [0.2, 0.25) is 0 Å². The van der Waals surface area contributed by atoms with Crippen LogP contribution in [0.4, 0.5) is 0 Å². The Hall–Kier alpha value is -2.08. The average Bonchev–Trinajstić information content (AvgIpc) is 2.29. The van der Waals surface area contributed by atoms with Crippen LogP contribution in [0, 0.1) is 0 Å². The number of phenols is 1. The quantitative estimate of drug-likeness (QED) is 0.589. The van der Waals surface area contributed by atoms with E-state index >= 15 is 0 Å². The minimum Gasteiger partial charge on any atom is -0.508 e. The number of aliphatic carboxylic acids is 1. The highest BCUT2D eigenvalue weighted by Crippen LogP contribution is 2.11. The van der Waals surface area contributed by atoms with Gasteiger partial charge in [-0.1, -0.05) is 12.1 Å². The third-order valence-electron chi connectivity index (χ3n) is 2.52. The normalized spacial score (nSPS) is 13.6. The van der Waals surface area contributed by atoms with Crippen molar-refractivity contribution in [2.24, 2.45) is 5.73 Å². The number of phenolic OH excluding ortho intramolecular Hbond substituents is 1.